The van der Waals surface area contributed by atoms with Gasteiger partial charge < -0.3 is 0 Å². The lowest BCUT2D eigenvalue weighted by Crippen LogP contribution is -2.28. The molecule has 82 valence electrons. The fraction of sp³-hybridized carbons (Fsp3) is 0.500. The zero-order valence-corrected chi connectivity index (χ0v) is 9.89. The van der Waals surface area contributed by atoms with Gasteiger partial charge in [-0.3, -0.25) is 11.3 Å². The summed E-state index contributed by atoms with van der Waals surface area (Å²) in [6.45, 7) is 0. The van der Waals surface area contributed by atoms with Crippen molar-refractivity contribution < 1.29 is 0 Å². The van der Waals surface area contributed by atoms with Crippen LogP contribution in [-0.4, -0.2) is 6.26 Å². The molecule has 0 radical (unpaired) electrons. The molecule has 2 rings (SSSR count). The highest BCUT2D eigenvalue weighted by molar-refractivity contribution is 7.98. The van der Waals surface area contributed by atoms with Crippen LogP contribution in [0.4, 0.5) is 0 Å². The maximum absolute atomic E-state index is 5.60. The van der Waals surface area contributed by atoms with Gasteiger partial charge in [0.2, 0.25) is 0 Å². The minimum atomic E-state index is 0.327. The van der Waals surface area contributed by atoms with Gasteiger partial charge >= 0.3 is 0 Å². The predicted molar refractivity (Wildman–Crippen MR) is 65.6 cm³/mol. The Morgan fingerprint density at radius 3 is 2.53 bits per heavy atom. The van der Waals surface area contributed by atoms with E-state index >= 15 is 0 Å². The van der Waals surface area contributed by atoms with Crippen LogP contribution in [0.25, 0.3) is 0 Å². The number of hydrazine groups is 1. The molecule has 3 heteroatoms. The summed E-state index contributed by atoms with van der Waals surface area (Å²) in [5, 5.41) is 0. The van der Waals surface area contributed by atoms with Gasteiger partial charge in [-0.25, -0.2) is 0 Å². The van der Waals surface area contributed by atoms with E-state index in [2.05, 4.69) is 35.9 Å². The second kappa shape index (κ2) is 5.01. The first-order valence-corrected chi connectivity index (χ1v) is 6.66. The van der Waals surface area contributed by atoms with Gasteiger partial charge in [0.25, 0.3) is 0 Å². The monoisotopic (exact) mass is 222 g/mol. The van der Waals surface area contributed by atoms with Gasteiger partial charge in [-0.2, -0.15) is 0 Å². The second-order valence-electron chi connectivity index (χ2n) is 4.17. The largest absolute Gasteiger partial charge is 0.271 e. The SMILES string of the molecule is CSc1ccc(C(CC2CC2)NN)cc1. The normalized spacial score (nSPS) is 17.7. The summed E-state index contributed by atoms with van der Waals surface area (Å²) in [5.74, 6) is 6.49. The van der Waals surface area contributed by atoms with E-state index in [9.17, 15) is 0 Å². The summed E-state index contributed by atoms with van der Waals surface area (Å²) in [7, 11) is 0. The van der Waals surface area contributed by atoms with Crippen molar-refractivity contribution in [2.45, 2.75) is 30.2 Å². The quantitative estimate of drug-likeness (QED) is 0.457. The predicted octanol–water partition coefficient (Wildman–Crippen LogP) is 2.71. The fourth-order valence-electron chi connectivity index (χ4n) is 1.82. The highest BCUT2D eigenvalue weighted by Crippen LogP contribution is 2.37. The summed E-state index contributed by atoms with van der Waals surface area (Å²) in [6, 6.07) is 9.01. The molecule has 2 nitrogen and oxygen atoms in total. The van der Waals surface area contributed by atoms with Gasteiger partial charge in [0.1, 0.15) is 0 Å². The Bertz CT molecular complexity index is 306. The first-order valence-electron chi connectivity index (χ1n) is 5.43. The van der Waals surface area contributed by atoms with Crippen molar-refractivity contribution in [2.24, 2.45) is 11.8 Å². The van der Waals surface area contributed by atoms with E-state index < -0.39 is 0 Å². The number of rotatable bonds is 5. The molecule has 0 aliphatic heterocycles. The van der Waals surface area contributed by atoms with Gasteiger partial charge in [0.05, 0.1) is 0 Å². The third-order valence-corrected chi connectivity index (χ3v) is 3.73. The molecule has 0 heterocycles. The Labute approximate surface area is 95.6 Å². The van der Waals surface area contributed by atoms with Crippen LogP contribution in [0.15, 0.2) is 29.2 Å². The highest BCUT2D eigenvalue weighted by atomic mass is 32.2. The molecule has 1 aromatic rings. The van der Waals surface area contributed by atoms with Crippen LogP contribution in [0, 0.1) is 5.92 Å². The van der Waals surface area contributed by atoms with Gasteiger partial charge in [-0.05, 0) is 36.3 Å². The molecule has 0 spiro atoms. The molecule has 15 heavy (non-hydrogen) atoms. The fourth-order valence-corrected chi connectivity index (χ4v) is 2.23. The first-order chi connectivity index (χ1) is 7.33. The first kappa shape index (κ1) is 11.0. The Kier molecular flexibility index (Phi) is 3.67. The minimum absolute atomic E-state index is 0.327. The van der Waals surface area contributed by atoms with Crippen LogP contribution < -0.4 is 11.3 Å². The summed E-state index contributed by atoms with van der Waals surface area (Å²) >= 11 is 1.77. The topological polar surface area (TPSA) is 38.0 Å². The minimum Gasteiger partial charge on any atom is -0.271 e. The lowest BCUT2D eigenvalue weighted by atomic mass is 10.0. The Balaban J connectivity index is 2.03. The summed E-state index contributed by atoms with van der Waals surface area (Å²) in [5.41, 5.74) is 4.23. The Morgan fingerprint density at radius 2 is 2.07 bits per heavy atom. The van der Waals surface area contributed by atoms with Crippen molar-refractivity contribution in [2.75, 3.05) is 6.26 Å². The molecule has 1 aliphatic rings. The van der Waals surface area contributed by atoms with Crippen molar-refractivity contribution in [3.8, 4) is 0 Å². The van der Waals surface area contributed by atoms with E-state index in [0.29, 0.717) is 6.04 Å². The van der Waals surface area contributed by atoms with Crippen LogP contribution >= 0.6 is 11.8 Å². The molecular formula is C12H18N2S. The molecule has 0 aromatic heterocycles. The average molecular weight is 222 g/mol. The van der Waals surface area contributed by atoms with Crippen LogP contribution in [0.2, 0.25) is 0 Å². The number of nitrogens with one attached hydrogen (secondary N) is 1. The van der Waals surface area contributed by atoms with Gasteiger partial charge in [-0.15, -0.1) is 11.8 Å². The van der Waals surface area contributed by atoms with E-state index in [1.54, 1.807) is 11.8 Å². The number of nitrogens with two attached hydrogens (primary N) is 1. The standard InChI is InChI=1S/C12H18N2S/c1-15-11-6-4-10(5-7-11)12(14-13)8-9-2-3-9/h4-7,9,12,14H,2-3,8,13H2,1H3. The average Bonchev–Trinajstić information content (AvgIpc) is 3.10. The number of hydrogen-bond acceptors (Lipinski definition) is 3. The number of thioether (sulfide) groups is 1. The third-order valence-electron chi connectivity index (χ3n) is 2.99. The summed E-state index contributed by atoms with van der Waals surface area (Å²) in [4.78, 5) is 1.31. The van der Waals surface area contributed by atoms with Crippen molar-refractivity contribution in [1.82, 2.24) is 5.43 Å². The summed E-state index contributed by atoms with van der Waals surface area (Å²) < 4.78 is 0. The second-order valence-corrected chi connectivity index (χ2v) is 5.05. The smallest absolute Gasteiger partial charge is 0.0462 e. The molecule has 1 aliphatic carbocycles. The summed E-state index contributed by atoms with van der Waals surface area (Å²) in [6.07, 6.45) is 6.02. The maximum Gasteiger partial charge on any atom is 0.0462 e. The van der Waals surface area contributed by atoms with Crippen molar-refractivity contribution >= 4 is 11.8 Å². The molecule has 1 aromatic carbocycles. The molecule has 1 fully saturated rings. The number of hydrogen-bond donors (Lipinski definition) is 2. The maximum atomic E-state index is 5.60. The van der Waals surface area contributed by atoms with E-state index in [-0.39, 0.29) is 0 Å². The highest BCUT2D eigenvalue weighted by Gasteiger charge is 2.25. The van der Waals surface area contributed by atoms with Gasteiger partial charge in [-0.1, -0.05) is 25.0 Å². The zero-order valence-electron chi connectivity index (χ0n) is 9.07. The van der Waals surface area contributed by atoms with Crippen LogP contribution in [0.5, 0.6) is 0 Å². The molecule has 0 bridgehead atoms. The van der Waals surface area contributed by atoms with E-state index in [0.717, 1.165) is 5.92 Å². The Hall–Kier alpha value is -0.510. The zero-order chi connectivity index (χ0) is 10.7. The Morgan fingerprint density at radius 1 is 1.40 bits per heavy atom. The molecule has 1 saturated carbocycles. The van der Waals surface area contributed by atoms with Crippen molar-refractivity contribution in [3.63, 3.8) is 0 Å². The van der Waals surface area contributed by atoms with Crippen LogP contribution in [0.1, 0.15) is 30.9 Å². The molecule has 1 unspecified atom stereocenters. The molecule has 1 atom stereocenters. The van der Waals surface area contributed by atoms with E-state index in [1.165, 1.54) is 29.7 Å². The van der Waals surface area contributed by atoms with Crippen molar-refractivity contribution in [1.29, 1.82) is 0 Å². The molecular weight excluding hydrogens is 204 g/mol. The van der Waals surface area contributed by atoms with E-state index in [4.69, 9.17) is 5.84 Å². The third kappa shape index (κ3) is 2.97. The van der Waals surface area contributed by atoms with Crippen LogP contribution in [-0.2, 0) is 0 Å². The lowest BCUT2D eigenvalue weighted by Gasteiger charge is -2.16. The molecule has 0 amide bonds. The van der Waals surface area contributed by atoms with Crippen molar-refractivity contribution in [3.05, 3.63) is 29.8 Å². The van der Waals surface area contributed by atoms with Crippen LogP contribution in [0.3, 0.4) is 0 Å². The van der Waals surface area contributed by atoms with E-state index in [1.807, 2.05) is 0 Å². The molecule has 3 N–H and O–H groups in total. The van der Waals surface area contributed by atoms with Gasteiger partial charge in [0, 0.05) is 10.9 Å². The van der Waals surface area contributed by atoms with Gasteiger partial charge in [0.15, 0.2) is 0 Å². The molecule has 0 saturated heterocycles. The lowest BCUT2D eigenvalue weighted by molar-refractivity contribution is 0.487. The number of benzene rings is 1.